The Labute approximate surface area is 136 Å². The summed E-state index contributed by atoms with van der Waals surface area (Å²) in [5, 5.41) is 0. The predicted octanol–water partition coefficient (Wildman–Crippen LogP) is 2.99. The smallest absolute Gasteiger partial charge is 0.160 e. The third-order valence-electron chi connectivity index (χ3n) is 5.08. The molecule has 5 heteroatoms. The molecule has 0 N–H and O–H groups in total. The summed E-state index contributed by atoms with van der Waals surface area (Å²) >= 11 is 2.09. The number of likely N-dealkylation sites (N-methyl/N-ethyl adjacent to an activating group) is 1. The van der Waals surface area contributed by atoms with Gasteiger partial charge in [-0.1, -0.05) is 6.92 Å². The van der Waals surface area contributed by atoms with Crippen molar-refractivity contribution < 1.29 is 0 Å². The first kappa shape index (κ1) is 14.5. The van der Waals surface area contributed by atoms with Gasteiger partial charge < -0.3 is 9.47 Å². The largest absolute Gasteiger partial charge is 0.312 e. The van der Waals surface area contributed by atoms with Crippen molar-refractivity contribution in [1.82, 2.24) is 19.4 Å². The molecule has 0 aromatic carbocycles. The van der Waals surface area contributed by atoms with E-state index in [1.807, 2.05) is 12.3 Å². The number of likely N-dealkylation sites (tertiary alicyclic amines) is 1. The summed E-state index contributed by atoms with van der Waals surface area (Å²) in [5.74, 6) is 5.24. The molecule has 0 bridgehead atoms. The van der Waals surface area contributed by atoms with E-state index >= 15 is 0 Å². The summed E-state index contributed by atoms with van der Waals surface area (Å²) in [7, 11) is 0. The number of hydrogen-bond donors (Lipinski definition) is 0. The molecular weight excluding hydrogens is 292 g/mol. The zero-order valence-electron chi connectivity index (χ0n) is 13.2. The molecule has 0 amide bonds. The van der Waals surface area contributed by atoms with Crippen LogP contribution in [0, 0.1) is 5.92 Å². The van der Waals surface area contributed by atoms with Crippen molar-refractivity contribution in [3.8, 4) is 0 Å². The van der Waals surface area contributed by atoms with E-state index in [0.29, 0.717) is 5.92 Å². The monoisotopic (exact) mass is 316 g/mol. The molecule has 4 rings (SSSR count). The molecule has 0 saturated carbocycles. The molecule has 2 atom stereocenters. The van der Waals surface area contributed by atoms with Crippen molar-refractivity contribution in [1.29, 1.82) is 0 Å². The van der Waals surface area contributed by atoms with Crippen LogP contribution in [-0.2, 0) is 6.54 Å². The van der Waals surface area contributed by atoms with Gasteiger partial charge in [-0.05, 0) is 55.5 Å². The lowest BCUT2D eigenvalue weighted by atomic mass is 10.1. The van der Waals surface area contributed by atoms with Crippen molar-refractivity contribution in [2.24, 2.45) is 5.92 Å². The molecule has 2 fully saturated rings. The Balaban J connectivity index is 1.69. The quantitative estimate of drug-likeness (QED) is 0.868. The first-order valence-electron chi connectivity index (χ1n) is 8.46. The standard InChI is InChI=1S/C17H24N4S/c1-2-20-8-5-14(11-20)16-19-15-4-3-7-18-17(15)21(16)10-13-6-9-22-12-13/h3-4,7,13-14H,2,5-6,8-12H2,1H3. The molecule has 118 valence electrons. The Bertz CT molecular complexity index is 647. The molecule has 22 heavy (non-hydrogen) atoms. The molecule has 4 heterocycles. The molecule has 2 unspecified atom stereocenters. The minimum absolute atomic E-state index is 0.572. The van der Waals surface area contributed by atoms with Crippen LogP contribution in [0.25, 0.3) is 11.2 Å². The summed E-state index contributed by atoms with van der Waals surface area (Å²) in [6.07, 6.45) is 4.47. The second kappa shape index (κ2) is 6.20. The number of hydrogen-bond acceptors (Lipinski definition) is 4. The van der Waals surface area contributed by atoms with Gasteiger partial charge in [0.1, 0.15) is 11.3 Å². The number of nitrogens with zero attached hydrogens (tertiary/aromatic N) is 4. The van der Waals surface area contributed by atoms with Crippen LogP contribution in [0.2, 0.25) is 0 Å². The summed E-state index contributed by atoms with van der Waals surface area (Å²) in [6.45, 7) is 6.85. The maximum atomic E-state index is 4.97. The molecule has 2 saturated heterocycles. The first-order valence-corrected chi connectivity index (χ1v) is 9.62. The number of aromatic nitrogens is 3. The fourth-order valence-electron chi connectivity index (χ4n) is 3.78. The van der Waals surface area contributed by atoms with Crippen molar-refractivity contribution in [2.45, 2.75) is 32.2 Å². The van der Waals surface area contributed by atoms with Crippen molar-refractivity contribution in [3.05, 3.63) is 24.2 Å². The Morgan fingerprint density at radius 3 is 3.09 bits per heavy atom. The van der Waals surface area contributed by atoms with Gasteiger partial charge in [0.2, 0.25) is 0 Å². The third-order valence-corrected chi connectivity index (χ3v) is 6.31. The van der Waals surface area contributed by atoms with E-state index in [4.69, 9.17) is 4.98 Å². The lowest BCUT2D eigenvalue weighted by Crippen LogP contribution is -2.21. The van der Waals surface area contributed by atoms with Crippen LogP contribution in [0.15, 0.2) is 18.3 Å². The number of fused-ring (bicyclic) bond motifs is 1. The van der Waals surface area contributed by atoms with Gasteiger partial charge in [-0.15, -0.1) is 0 Å². The Morgan fingerprint density at radius 2 is 2.32 bits per heavy atom. The topological polar surface area (TPSA) is 34.0 Å². The molecule has 2 aromatic rings. The van der Waals surface area contributed by atoms with Crippen LogP contribution < -0.4 is 0 Å². The van der Waals surface area contributed by atoms with Crippen LogP contribution in [0.5, 0.6) is 0 Å². The predicted molar refractivity (Wildman–Crippen MR) is 92.4 cm³/mol. The van der Waals surface area contributed by atoms with Crippen LogP contribution in [0.1, 0.15) is 31.5 Å². The minimum atomic E-state index is 0.572. The zero-order chi connectivity index (χ0) is 14.9. The zero-order valence-corrected chi connectivity index (χ0v) is 14.1. The lowest BCUT2D eigenvalue weighted by Gasteiger charge is -2.17. The van der Waals surface area contributed by atoms with Crippen LogP contribution >= 0.6 is 11.8 Å². The Kier molecular flexibility index (Phi) is 4.09. The highest BCUT2D eigenvalue weighted by molar-refractivity contribution is 7.99. The van der Waals surface area contributed by atoms with E-state index in [1.165, 1.54) is 36.7 Å². The maximum Gasteiger partial charge on any atom is 0.160 e. The minimum Gasteiger partial charge on any atom is -0.312 e. The fraction of sp³-hybridized carbons (Fsp3) is 0.647. The highest BCUT2D eigenvalue weighted by Crippen LogP contribution is 2.31. The molecule has 2 aliphatic heterocycles. The van der Waals surface area contributed by atoms with E-state index in [2.05, 4.69) is 39.2 Å². The average molecular weight is 316 g/mol. The Morgan fingerprint density at radius 1 is 1.36 bits per heavy atom. The van der Waals surface area contributed by atoms with Gasteiger partial charge in [0, 0.05) is 25.2 Å². The van der Waals surface area contributed by atoms with Gasteiger partial charge in [0.05, 0.1) is 0 Å². The summed E-state index contributed by atoms with van der Waals surface area (Å²) in [4.78, 5) is 12.1. The fourth-order valence-corrected chi connectivity index (χ4v) is 5.06. The number of rotatable bonds is 4. The van der Waals surface area contributed by atoms with Gasteiger partial charge in [0.25, 0.3) is 0 Å². The van der Waals surface area contributed by atoms with Gasteiger partial charge in [-0.3, -0.25) is 0 Å². The van der Waals surface area contributed by atoms with Crippen LogP contribution in [-0.4, -0.2) is 50.6 Å². The van der Waals surface area contributed by atoms with Crippen molar-refractivity contribution in [3.63, 3.8) is 0 Å². The summed E-state index contributed by atoms with van der Waals surface area (Å²) in [6, 6.07) is 4.11. The van der Waals surface area contributed by atoms with Gasteiger partial charge >= 0.3 is 0 Å². The van der Waals surface area contributed by atoms with E-state index in [-0.39, 0.29) is 0 Å². The van der Waals surface area contributed by atoms with Crippen LogP contribution in [0.3, 0.4) is 0 Å². The molecular formula is C17H24N4S. The number of pyridine rings is 1. The van der Waals surface area contributed by atoms with E-state index in [9.17, 15) is 0 Å². The SMILES string of the molecule is CCN1CCC(c2nc3cccnc3n2CC2CCSC2)C1. The van der Waals surface area contributed by atoms with Gasteiger partial charge in [-0.25, -0.2) is 9.97 Å². The summed E-state index contributed by atoms with van der Waals surface area (Å²) in [5.41, 5.74) is 2.16. The normalized spacial score (nSPS) is 26.2. The molecule has 0 radical (unpaired) electrons. The molecule has 2 aliphatic rings. The van der Waals surface area contributed by atoms with Crippen LogP contribution in [0.4, 0.5) is 0 Å². The van der Waals surface area contributed by atoms with E-state index in [1.54, 1.807) is 0 Å². The van der Waals surface area contributed by atoms with E-state index < -0.39 is 0 Å². The number of thioether (sulfide) groups is 1. The maximum absolute atomic E-state index is 4.97. The lowest BCUT2D eigenvalue weighted by molar-refractivity contribution is 0.350. The first-order chi connectivity index (χ1) is 10.8. The highest BCUT2D eigenvalue weighted by Gasteiger charge is 2.29. The molecule has 4 nitrogen and oxygen atoms in total. The molecule has 2 aromatic heterocycles. The van der Waals surface area contributed by atoms with E-state index in [0.717, 1.165) is 36.7 Å². The second-order valence-electron chi connectivity index (χ2n) is 6.54. The third kappa shape index (κ3) is 2.65. The van der Waals surface area contributed by atoms with Crippen molar-refractivity contribution in [2.75, 3.05) is 31.1 Å². The average Bonchev–Trinajstić information content (AvgIpc) is 3.27. The molecule has 0 aliphatic carbocycles. The van der Waals surface area contributed by atoms with Crippen molar-refractivity contribution >= 4 is 22.9 Å². The molecule has 0 spiro atoms. The van der Waals surface area contributed by atoms with Gasteiger partial charge in [-0.2, -0.15) is 11.8 Å². The summed E-state index contributed by atoms with van der Waals surface area (Å²) < 4.78 is 2.44. The second-order valence-corrected chi connectivity index (χ2v) is 7.69. The Hall–Kier alpha value is -1.07. The number of imidazole rings is 1. The van der Waals surface area contributed by atoms with Gasteiger partial charge in [0.15, 0.2) is 5.65 Å². The highest BCUT2D eigenvalue weighted by atomic mass is 32.2.